The van der Waals surface area contributed by atoms with Gasteiger partial charge in [0.2, 0.25) is 0 Å². The largest absolute Gasteiger partial charge is 0.479 e. The van der Waals surface area contributed by atoms with E-state index in [1.807, 2.05) is 6.92 Å². The number of ether oxygens (including phenoxy) is 1. The van der Waals surface area contributed by atoms with Crippen LogP contribution < -0.4 is 4.74 Å². The molecule has 0 saturated heterocycles. The molecule has 15 heavy (non-hydrogen) atoms. The third-order valence-electron chi connectivity index (χ3n) is 1.79. The van der Waals surface area contributed by atoms with Crippen molar-refractivity contribution in [2.75, 3.05) is 0 Å². The molecule has 0 spiro atoms. The van der Waals surface area contributed by atoms with Gasteiger partial charge in [0.15, 0.2) is 6.10 Å². The Balaban J connectivity index is 0.00000196. The standard InChI is InChI=1S/C10H11ClO3.Mg.2H/c1-6-5-8(11)3-4-9(6)14-7(2)10(12)13;;;/h3-5,7H,1-2H3,(H,12,13);;;. The van der Waals surface area contributed by atoms with Crippen molar-refractivity contribution < 1.29 is 14.6 Å². The second-order valence-corrected chi connectivity index (χ2v) is 3.44. The smallest absolute Gasteiger partial charge is 0.344 e. The maximum atomic E-state index is 10.5. The van der Waals surface area contributed by atoms with Crippen LogP contribution in [0.4, 0.5) is 0 Å². The molecule has 0 fully saturated rings. The molecule has 0 saturated carbocycles. The minimum atomic E-state index is -0.987. The summed E-state index contributed by atoms with van der Waals surface area (Å²) in [7, 11) is 0. The molecule has 0 bridgehead atoms. The van der Waals surface area contributed by atoms with Gasteiger partial charge in [0, 0.05) is 5.02 Å². The summed E-state index contributed by atoms with van der Waals surface area (Å²) in [6, 6.07) is 5.06. The van der Waals surface area contributed by atoms with Crippen LogP contribution in [0.1, 0.15) is 12.5 Å². The summed E-state index contributed by atoms with van der Waals surface area (Å²) in [6.45, 7) is 3.30. The highest BCUT2D eigenvalue weighted by Gasteiger charge is 2.13. The van der Waals surface area contributed by atoms with Crippen LogP contribution >= 0.6 is 11.6 Å². The van der Waals surface area contributed by atoms with Gasteiger partial charge in [-0.1, -0.05) is 11.6 Å². The van der Waals surface area contributed by atoms with Crippen LogP contribution in [0.2, 0.25) is 5.02 Å². The predicted molar refractivity (Wildman–Crippen MR) is 62.5 cm³/mol. The summed E-state index contributed by atoms with van der Waals surface area (Å²) >= 11 is 5.74. The normalized spacial score (nSPS) is 11.4. The molecule has 1 aromatic rings. The third kappa shape index (κ3) is 4.28. The van der Waals surface area contributed by atoms with E-state index in [1.54, 1.807) is 18.2 Å². The van der Waals surface area contributed by atoms with Crippen LogP contribution in [-0.4, -0.2) is 40.2 Å². The van der Waals surface area contributed by atoms with Crippen molar-refractivity contribution in [3.05, 3.63) is 28.8 Å². The summed E-state index contributed by atoms with van der Waals surface area (Å²) in [5.74, 6) is -0.441. The number of hydrogen-bond donors (Lipinski definition) is 1. The molecule has 5 heteroatoms. The first-order valence-corrected chi connectivity index (χ1v) is 4.54. The summed E-state index contributed by atoms with van der Waals surface area (Å²) in [6.07, 6.45) is -0.852. The van der Waals surface area contributed by atoms with E-state index < -0.39 is 12.1 Å². The molecule has 80 valence electrons. The molecule has 3 nitrogen and oxygen atoms in total. The molecular formula is C10H13ClMgO3. The Morgan fingerprint density at radius 1 is 1.53 bits per heavy atom. The topological polar surface area (TPSA) is 46.5 Å². The quantitative estimate of drug-likeness (QED) is 0.817. The number of halogens is 1. The van der Waals surface area contributed by atoms with Crippen molar-refractivity contribution in [2.24, 2.45) is 0 Å². The number of aliphatic carboxylic acids is 1. The van der Waals surface area contributed by atoms with Gasteiger partial charge in [0.25, 0.3) is 0 Å². The fraction of sp³-hybridized carbons (Fsp3) is 0.300. The third-order valence-corrected chi connectivity index (χ3v) is 2.02. The zero-order valence-electron chi connectivity index (χ0n) is 7.95. The predicted octanol–water partition coefficient (Wildman–Crippen LogP) is 1.58. The van der Waals surface area contributed by atoms with Gasteiger partial charge in [-0.05, 0) is 37.6 Å². The first-order valence-electron chi connectivity index (χ1n) is 4.16. The van der Waals surface area contributed by atoms with Crippen molar-refractivity contribution >= 4 is 40.6 Å². The number of aryl methyl sites for hydroxylation is 1. The molecule has 0 aliphatic carbocycles. The van der Waals surface area contributed by atoms with E-state index in [9.17, 15) is 4.79 Å². The lowest BCUT2D eigenvalue weighted by atomic mass is 10.2. The van der Waals surface area contributed by atoms with Gasteiger partial charge in [0.1, 0.15) is 5.75 Å². The fourth-order valence-electron chi connectivity index (χ4n) is 0.986. The van der Waals surface area contributed by atoms with Gasteiger partial charge < -0.3 is 9.84 Å². The molecule has 0 heterocycles. The van der Waals surface area contributed by atoms with E-state index in [4.69, 9.17) is 21.4 Å². The van der Waals surface area contributed by atoms with Gasteiger partial charge in [-0.3, -0.25) is 0 Å². The van der Waals surface area contributed by atoms with E-state index in [0.29, 0.717) is 10.8 Å². The Morgan fingerprint density at radius 2 is 2.13 bits per heavy atom. The maximum Gasteiger partial charge on any atom is 0.344 e. The van der Waals surface area contributed by atoms with Crippen LogP contribution in [0, 0.1) is 6.92 Å². The Bertz CT molecular complexity index is 355. The molecular weight excluding hydrogens is 228 g/mol. The Labute approximate surface area is 110 Å². The van der Waals surface area contributed by atoms with Gasteiger partial charge in [-0.15, -0.1) is 0 Å². The highest BCUT2D eigenvalue weighted by atomic mass is 35.5. The zero-order valence-corrected chi connectivity index (χ0v) is 8.71. The molecule has 1 rings (SSSR count). The van der Waals surface area contributed by atoms with Crippen LogP contribution in [-0.2, 0) is 4.79 Å². The summed E-state index contributed by atoms with van der Waals surface area (Å²) < 4.78 is 5.20. The van der Waals surface area contributed by atoms with Gasteiger partial charge in [0.05, 0.1) is 0 Å². The van der Waals surface area contributed by atoms with Gasteiger partial charge >= 0.3 is 29.0 Å². The SMILES string of the molecule is Cc1cc(Cl)ccc1OC(C)C(=O)O.[MgH2]. The first-order chi connectivity index (χ1) is 6.50. The van der Waals surface area contributed by atoms with Crippen molar-refractivity contribution in [1.82, 2.24) is 0 Å². The molecule has 0 aromatic heterocycles. The van der Waals surface area contributed by atoms with Crippen molar-refractivity contribution in [2.45, 2.75) is 20.0 Å². The van der Waals surface area contributed by atoms with Crippen molar-refractivity contribution in [3.8, 4) is 5.75 Å². The van der Waals surface area contributed by atoms with E-state index >= 15 is 0 Å². The maximum absolute atomic E-state index is 10.5. The summed E-state index contributed by atoms with van der Waals surface area (Å²) in [5.41, 5.74) is 0.825. The molecule has 1 unspecified atom stereocenters. The Kier molecular flexibility index (Phi) is 6.01. The molecule has 0 radical (unpaired) electrons. The highest BCUT2D eigenvalue weighted by molar-refractivity contribution is 6.30. The second-order valence-electron chi connectivity index (χ2n) is 3.01. The summed E-state index contributed by atoms with van der Waals surface area (Å²) in [4.78, 5) is 10.5. The number of benzene rings is 1. The van der Waals surface area contributed by atoms with Crippen LogP contribution in [0.3, 0.4) is 0 Å². The lowest BCUT2D eigenvalue weighted by Crippen LogP contribution is -2.23. The number of rotatable bonds is 3. The number of carboxylic acids is 1. The second kappa shape index (κ2) is 6.20. The van der Waals surface area contributed by atoms with Crippen molar-refractivity contribution in [1.29, 1.82) is 0 Å². The molecule has 0 aliphatic heterocycles. The van der Waals surface area contributed by atoms with Gasteiger partial charge in [-0.25, -0.2) is 4.79 Å². The van der Waals surface area contributed by atoms with Gasteiger partial charge in [-0.2, -0.15) is 0 Å². The number of carboxylic acid groups (broad SMARTS) is 1. The Morgan fingerprint density at radius 3 is 2.60 bits per heavy atom. The average molecular weight is 241 g/mol. The lowest BCUT2D eigenvalue weighted by molar-refractivity contribution is -0.144. The van der Waals surface area contributed by atoms with E-state index in [1.165, 1.54) is 6.92 Å². The van der Waals surface area contributed by atoms with Crippen LogP contribution in [0.25, 0.3) is 0 Å². The molecule has 0 amide bonds. The molecule has 1 N–H and O–H groups in total. The van der Waals surface area contributed by atoms with Crippen molar-refractivity contribution in [3.63, 3.8) is 0 Å². The van der Waals surface area contributed by atoms with Crippen LogP contribution in [0.15, 0.2) is 18.2 Å². The molecule has 1 aromatic carbocycles. The van der Waals surface area contributed by atoms with E-state index in [-0.39, 0.29) is 23.1 Å². The van der Waals surface area contributed by atoms with Crippen LogP contribution in [0.5, 0.6) is 5.75 Å². The minimum Gasteiger partial charge on any atom is -0.479 e. The number of carbonyl (C=O) groups is 1. The average Bonchev–Trinajstić information content (AvgIpc) is 2.09. The van der Waals surface area contributed by atoms with E-state index in [2.05, 4.69) is 0 Å². The number of hydrogen-bond acceptors (Lipinski definition) is 2. The monoisotopic (exact) mass is 240 g/mol. The highest BCUT2D eigenvalue weighted by Crippen LogP contribution is 2.22. The first kappa shape index (κ1) is 14.5. The lowest BCUT2D eigenvalue weighted by Gasteiger charge is -2.12. The Hall–Kier alpha value is -0.454. The molecule has 0 aliphatic rings. The molecule has 1 atom stereocenters. The summed E-state index contributed by atoms with van der Waals surface area (Å²) in [5, 5.41) is 9.25. The minimum absolute atomic E-state index is 0. The fourth-order valence-corrected chi connectivity index (χ4v) is 1.21. The zero-order chi connectivity index (χ0) is 10.7. The van der Waals surface area contributed by atoms with E-state index in [0.717, 1.165) is 5.56 Å².